The fourth-order valence-electron chi connectivity index (χ4n) is 1.12. The maximum absolute atomic E-state index is 11.6. The summed E-state index contributed by atoms with van der Waals surface area (Å²) in [5.74, 6) is 0.666. The number of carbonyl (C=O) groups is 1. The van der Waals surface area contributed by atoms with Gasteiger partial charge in [-0.15, -0.1) is 0 Å². The molecule has 0 saturated heterocycles. The highest BCUT2D eigenvalue weighted by atomic mass is 16.5. The summed E-state index contributed by atoms with van der Waals surface area (Å²) in [5, 5.41) is 0. The summed E-state index contributed by atoms with van der Waals surface area (Å²) in [4.78, 5) is 13.4. The summed E-state index contributed by atoms with van der Waals surface area (Å²) in [7, 11) is 3.74. The molecule has 0 amide bonds. The standard InChI is InChI=1S/C13H17NO2/c1-11(13(15)9-10-14(2)3)16-12-7-5-4-6-8-12/h4-11H,1-3H3. The number of ketones is 1. The molecule has 1 atom stereocenters. The van der Waals surface area contributed by atoms with Crippen LogP contribution in [0, 0.1) is 0 Å². The molecule has 1 aromatic rings. The van der Waals surface area contributed by atoms with Gasteiger partial charge in [0.1, 0.15) is 5.75 Å². The zero-order chi connectivity index (χ0) is 12.0. The summed E-state index contributed by atoms with van der Waals surface area (Å²) in [6.07, 6.45) is 2.78. The van der Waals surface area contributed by atoms with E-state index in [1.54, 1.807) is 13.1 Å². The van der Waals surface area contributed by atoms with Crippen LogP contribution < -0.4 is 4.74 Å². The third-order valence-electron chi connectivity index (χ3n) is 1.99. The van der Waals surface area contributed by atoms with Crippen molar-refractivity contribution in [3.8, 4) is 5.75 Å². The van der Waals surface area contributed by atoms with Gasteiger partial charge in [0.25, 0.3) is 0 Å². The van der Waals surface area contributed by atoms with Crippen molar-refractivity contribution >= 4 is 5.78 Å². The number of benzene rings is 1. The molecule has 0 bridgehead atoms. The highest BCUT2D eigenvalue weighted by molar-refractivity contribution is 5.93. The minimum atomic E-state index is -0.460. The molecular weight excluding hydrogens is 202 g/mol. The van der Waals surface area contributed by atoms with Gasteiger partial charge in [-0.25, -0.2) is 0 Å². The van der Waals surface area contributed by atoms with Crippen molar-refractivity contribution in [3.63, 3.8) is 0 Å². The van der Waals surface area contributed by atoms with E-state index >= 15 is 0 Å². The SMILES string of the molecule is CC(Oc1ccccc1)C(=O)C=CN(C)C. The van der Waals surface area contributed by atoms with Gasteiger partial charge in [-0.3, -0.25) is 4.79 Å². The molecule has 1 unspecified atom stereocenters. The number of rotatable bonds is 5. The Balaban J connectivity index is 2.53. The topological polar surface area (TPSA) is 29.5 Å². The molecule has 0 saturated carbocycles. The molecule has 0 N–H and O–H groups in total. The molecule has 0 aromatic heterocycles. The van der Waals surface area contributed by atoms with E-state index < -0.39 is 6.10 Å². The second kappa shape index (κ2) is 5.95. The predicted octanol–water partition coefficient (Wildman–Crippen LogP) is 2.10. The summed E-state index contributed by atoms with van der Waals surface area (Å²) in [6.45, 7) is 1.75. The van der Waals surface area contributed by atoms with E-state index in [4.69, 9.17) is 4.74 Å². The zero-order valence-electron chi connectivity index (χ0n) is 9.88. The number of hydrogen-bond donors (Lipinski definition) is 0. The van der Waals surface area contributed by atoms with Crippen molar-refractivity contribution in [3.05, 3.63) is 42.6 Å². The molecule has 0 heterocycles. The number of para-hydroxylation sites is 1. The van der Waals surface area contributed by atoms with Crippen LogP contribution in [0.4, 0.5) is 0 Å². The van der Waals surface area contributed by atoms with Crippen LogP contribution >= 0.6 is 0 Å². The average Bonchev–Trinajstić information content (AvgIpc) is 2.27. The third-order valence-corrected chi connectivity index (χ3v) is 1.99. The maximum atomic E-state index is 11.6. The Labute approximate surface area is 96.3 Å². The van der Waals surface area contributed by atoms with E-state index in [0.717, 1.165) is 0 Å². The highest BCUT2D eigenvalue weighted by Crippen LogP contribution is 2.11. The number of hydrogen-bond acceptors (Lipinski definition) is 3. The van der Waals surface area contributed by atoms with Crippen molar-refractivity contribution in [1.29, 1.82) is 0 Å². The van der Waals surface area contributed by atoms with Crippen LogP contribution in [0.5, 0.6) is 5.75 Å². The molecular formula is C13H17NO2. The minimum Gasteiger partial charge on any atom is -0.483 e. The lowest BCUT2D eigenvalue weighted by Gasteiger charge is -2.12. The summed E-state index contributed by atoms with van der Waals surface area (Å²) >= 11 is 0. The van der Waals surface area contributed by atoms with Gasteiger partial charge in [0, 0.05) is 26.4 Å². The molecule has 0 aliphatic rings. The van der Waals surface area contributed by atoms with Gasteiger partial charge in [0.05, 0.1) is 0 Å². The van der Waals surface area contributed by atoms with Gasteiger partial charge in [-0.1, -0.05) is 18.2 Å². The van der Waals surface area contributed by atoms with Gasteiger partial charge >= 0.3 is 0 Å². The molecule has 3 nitrogen and oxygen atoms in total. The molecule has 0 aliphatic carbocycles. The smallest absolute Gasteiger partial charge is 0.197 e. The quantitative estimate of drug-likeness (QED) is 0.710. The lowest BCUT2D eigenvalue weighted by Crippen LogP contribution is -2.22. The molecule has 16 heavy (non-hydrogen) atoms. The molecule has 86 valence electrons. The average molecular weight is 219 g/mol. The van der Waals surface area contributed by atoms with E-state index in [9.17, 15) is 4.79 Å². The van der Waals surface area contributed by atoms with Crippen LogP contribution in [0.1, 0.15) is 6.92 Å². The summed E-state index contributed by atoms with van der Waals surface area (Å²) in [5.41, 5.74) is 0. The fourth-order valence-corrected chi connectivity index (χ4v) is 1.12. The molecule has 0 radical (unpaired) electrons. The lowest BCUT2D eigenvalue weighted by molar-refractivity contribution is -0.120. The van der Waals surface area contributed by atoms with Crippen LogP contribution in [-0.2, 0) is 4.79 Å². The first-order valence-corrected chi connectivity index (χ1v) is 5.20. The lowest BCUT2D eigenvalue weighted by atomic mass is 10.2. The van der Waals surface area contributed by atoms with Crippen LogP contribution in [-0.4, -0.2) is 30.9 Å². The van der Waals surface area contributed by atoms with E-state index in [0.29, 0.717) is 5.75 Å². The van der Waals surface area contributed by atoms with Crippen LogP contribution in [0.15, 0.2) is 42.6 Å². The van der Waals surface area contributed by atoms with Gasteiger partial charge in [0.2, 0.25) is 0 Å². The van der Waals surface area contributed by atoms with Crippen molar-refractivity contribution in [2.45, 2.75) is 13.0 Å². The normalized spacial score (nSPS) is 12.4. The van der Waals surface area contributed by atoms with Gasteiger partial charge in [-0.05, 0) is 19.1 Å². The maximum Gasteiger partial charge on any atom is 0.197 e. The van der Waals surface area contributed by atoms with Crippen LogP contribution in [0.3, 0.4) is 0 Å². The molecule has 0 fully saturated rings. The Morgan fingerprint density at radius 3 is 2.50 bits per heavy atom. The Hall–Kier alpha value is -1.77. The van der Waals surface area contributed by atoms with Gasteiger partial charge in [0.15, 0.2) is 11.9 Å². The molecule has 0 aliphatic heterocycles. The van der Waals surface area contributed by atoms with Crippen molar-refractivity contribution < 1.29 is 9.53 Å². The molecule has 0 spiro atoms. The summed E-state index contributed by atoms with van der Waals surface area (Å²) < 4.78 is 5.49. The van der Waals surface area contributed by atoms with Crippen molar-refractivity contribution in [1.82, 2.24) is 4.90 Å². The molecule has 1 rings (SSSR count). The third kappa shape index (κ3) is 4.17. The first-order valence-electron chi connectivity index (χ1n) is 5.20. The Morgan fingerprint density at radius 2 is 1.94 bits per heavy atom. The van der Waals surface area contributed by atoms with E-state index in [2.05, 4.69) is 0 Å². The summed E-state index contributed by atoms with van der Waals surface area (Å²) in [6, 6.07) is 9.33. The highest BCUT2D eigenvalue weighted by Gasteiger charge is 2.10. The Bertz CT molecular complexity index is 357. The number of nitrogens with zero attached hydrogens (tertiary/aromatic N) is 1. The Morgan fingerprint density at radius 1 is 1.31 bits per heavy atom. The monoisotopic (exact) mass is 219 g/mol. The minimum absolute atomic E-state index is 0.0439. The zero-order valence-corrected chi connectivity index (χ0v) is 9.88. The second-order valence-electron chi connectivity index (χ2n) is 3.75. The predicted molar refractivity (Wildman–Crippen MR) is 64.4 cm³/mol. The van der Waals surface area contributed by atoms with Crippen LogP contribution in [0.25, 0.3) is 0 Å². The first-order chi connectivity index (χ1) is 7.59. The molecule has 3 heteroatoms. The van der Waals surface area contributed by atoms with E-state index in [-0.39, 0.29) is 5.78 Å². The second-order valence-corrected chi connectivity index (χ2v) is 3.75. The molecule has 1 aromatic carbocycles. The van der Waals surface area contributed by atoms with Crippen molar-refractivity contribution in [2.24, 2.45) is 0 Å². The van der Waals surface area contributed by atoms with Crippen LogP contribution in [0.2, 0.25) is 0 Å². The van der Waals surface area contributed by atoms with E-state index in [1.807, 2.05) is 49.3 Å². The number of carbonyl (C=O) groups excluding carboxylic acids is 1. The first kappa shape index (κ1) is 12.3. The van der Waals surface area contributed by atoms with E-state index in [1.165, 1.54) is 6.08 Å². The van der Waals surface area contributed by atoms with Gasteiger partial charge in [-0.2, -0.15) is 0 Å². The Kier molecular flexibility index (Phi) is 4.58. The van der Waals surface area contributed by atoms with Crippen molar-refractivity contribution in [2.75, 3.05) is 14.1 Å². The van der Waals surface area contributed by atoms with Gasteiger partial charge < -0.3 is 9.64 Å². The number of ether oxygens (including phenoxy) is 1. The largest absolute Gasteiger partial charge is 0.483 e. The fraction of sp³-hybridized carbons (Fsp3) is 0.308.